The number of carbonyl (C=O) groups excluding carboxylic acids is 1. The maximum Gasteiger partial charge on any atom is 0.123 e. The maximum absolute atomic E-state index is 10.7. The van der Waals surface area contributed by atoms with Gasteiger partial charge in [0.05, 0.1) is 7.11 Å². The molecule has 3 heteroatoms. The van der Waals surface area contributed by atoms with Crippen molar-refractivity contribution in [1.82, 2.24) is 0 Å². The van der Waals surface area contributed by atoms with Gasteiger partial charge in [-0.15, -0.1) is 0 Å². The number of aldehydes is 1. The topological polar surface area (TPSA) is 29.5 Å². The molecular formula is C13H17NO2. The van der Waals surface area contributed by atoms with E-state index in [9.17, 15) is 4.79 Å². The van der Waals surface area contributed by atoms with Crippen molar-refractivity contribution in [3.8, 4) is 5.75 Å². The average molecular weight is 219 g/mol. The predicted octanol–water partition coefficient (Wildman–Crippen LogP) is 2.11. The van der Waals surface area contributed by atoms with Gasteiger partial charge in [-0.1, -0.05) is 6.07 Å². The van der Waals surface area contributed by atoms with Crippen LogP contribution in [-0.4, -0.2) is 26.5 Å². The predicted molar refractivity (Wildman–Crippen MR) is 64.0 cm³/mol. The van der Waals surface area contributed by atoms with Gasteiger partial charge in [-0.2, -0.15) is 0 Å². The van der Waals surface area contributed by atoms with Crippen LogP contribution in [0.1, 0.15) is 12.8 Å². The summed E-state index contributed by atoms with van der Waals surface area (Å²) in [6.45, 7) is 1.91. The van der Waals surface area contributed by atoms with E-state index in [2.05, 4.69) is 11.0 Å². The molecule has 0 saturated carbocycles. The molecule has 1 aliphatic heterocycles. The van der Waals surface area contributed by atoms with Crippen LogP contribution in [0.2, 0.25) is 0 Å². The summed E-state index contributed by atoms with van der Waals surface area (Å²) in [5.41, 5.74) is 1.18. The molecule has 0 bridgehead atoms. The molecule has 0 spiro atoms. The van der Waals surface area contributed by atoms with Gasteiger partial charge in [0.2, 0.25) is 0 Å². The highest BCUT2D eigenvalue weighted by atomic mass is 16.5. The van der Waals surface area contributed by atoms with E-state index in [1.54, 1.807) is 7.11 Å². The third kappa shape index (κ3) is 2.35. The van der Waals surface area contributed by atoms with Crippen molar-refractivity contribution < 1.29 is 9.53 Å². The van der Waals surface area contributed by atoms with E-state index in [1.807, 2.05) is 18.2 Å². The summed E-state index contributed by atoms with van der Waals surface area (Å²) in [6, 6.07) is 8.08. The molecule has 16 heavy (non-hydrogen) atoms. The first-order valence-electron chi connectivity index (χ1n) is 5.68. The van der Waals surface area contributed by atoms with Crippen molar-refractivity contribution in [2.75, 3.05) is 25.1 Å². The Morgan fingerprint density at radius 3 is 2.75 bits per heavy atom. The van der Waals surface area contributed by atoms with Crippen LogP contribution in [0.15, 0.2) is 24.3 Å². The molecule has 0 amide bonds. The van der Waals surface area contributed by atoms with Gasteiger partial charge in [-0.25, -0.2) is 0 Å². The molecule has 1 aliphatic rings. The lowest BCUT2D eigenvalue weighted by Gasteiger charge is -2.31. The Labute approximate surface area is 96.0 Å². The zero-order chi connectivity index (χ0) is 11.4. The quantitative estimate of drug-likeness (QED) is 0.729. The van der Waals surface area contributed by atoms with E-state index in [-0.39, 0.29) is 5.92 Å². The SMILES string of the molecule is COc1cccc(N2CCC(C=O)CC2)c1. The van der Waals surface area contributed by atoms with E-state index in [0.717, 1.165) is 38.0 Å². The summed E-state index contributed by atoms with van der Waals surface area (Å²) >= 11 is 0. The van der Waals surface area contributed by atoms with Crippen molar-refractivity contribution in [2.24, 2.45) is 5.92 Å². The van der Waals surface area contributed by atoms with Crippen molar-refractivity contribution >= 4 is 12.0 Å². The standard InChI is InChI=1S/C13H17NO2/c1-16-13-4-2-3-12(9-13)14-7-5-11(10-15)6-8-14/h2-4,9-11H,5-8H2,1H3. The Morgan fingerprint density at radius 2 is 2.12 bits per heavy atom. The molecule has 1 fully saturated rings. The normalized spacial score (nSPS) is 17.2. The van der Waals surface area contributed by atoms with E-state index in [0.29, 0.717) is 0 Å². The highest BCUT2D eigenvalue weighted by Gasteiger charge is 2.18. The lowest BCUT2D eigenvalue weighted by molar-refractivity contribution is -0.111. The number of benzene rings is 1. The fourth-order valence-electron chi connectivity index (χ4n) is 2.10. The van der Waals surface area contributed by atoms with Gasteiger partial charge in [0.1, 0.15) is 12.0 Å². The summed E-state index contributed by atoms with van der Waals surface area (Å²) in [7, 11) is 1.68. The number of rotatable bonds is 3. The number of piperidine rings is 1. The number of methoxy groups -OCH3 is 1. The van der Waals surface area contributed by atoms with Crippen LogP contribution < -0.4 is 9.64 Å². The number of hydrogen-bond donors (Lipinski definition) is 0. The fourth-order valence-corrected chi connectivity index (χ4v) is 2.10. The van der Waals surface area contributed by atoms with E-state index in [4.69, 9.17) is 4.74 Å². The van der Waals surface area contributed by atoms with Gasteiger partial charge >= 0.3 is 0 Å². The zero-order valence-corrected chi connectivity index (χ0v) is 9.56. The Hall–Kier alpha value is -1.51. The second-order valence-electron chi connectivity index (χ2n) is 4.16. The summed E-state index contributed by atoms with van der Waals surface area (Å²) in [6.07, 6.45) is 3.00. The minimum Gasteiger partial charge on any atom is -0.497 e. The van der Waals surface area contributed by atoms with Crippen LogP contribution >= 0.6 is 0 Å². The number of carbonyl (C=O) groups is 1. The van der Waals surface area contributed by atoms with Crippen LogP contribution in [0, 0.1) is 5.92 Å². The molecule has 0 aliphatic carbocycles. The Balaban J connectivity index is 2.04. The van der Waals surface area contributed by atoms with Crippen LogP contribution in [0.3, 0.4) is 0 Å². The summed E-state index contributed by atoms with van der Waals surface area (Å²) < 4.78 is 5.21. The third-order valence-electron chi connectivity index (χ3n) is 3.15. The molecule has 1 heterocycles. The fraction of sp³-hybridized carbons (Fsp3) is 0.462. The Bertz CT molecular complexity index is 357. The second-order valence-corrected chi connectivity index (χ2v) is 4.16. The number of anilines is 1. The molecule has 0 atom stereocenters. The lowest BCUT2D eigenvalue weighted by atomic mass is 9.98. The number of ether oxygens (including phenoxy) is 1. The highest BCUT2D eigenvalue weighted by Crippen LogP contribution is 2.25. The molecule has 2 rings (SSSR count). The van der Waals surface area contributed by atoms with E-state index >= 15 is 0 Å². The summed E-state index contributed by atoms with van der Waals surface area (Å²) in [4.78, 5) is 13.0. The first-order valence-corrected chi connectivity index (χ1v) is 5.68. The Morgan fingerprint density at radius 1 is 1.38 bits per heavy atom. The van der Waals surface area contributed by atoms with Crippen LogP contribution in [-0.2, 0) is 4.79 Å². The van der Waals surface area contributed by atoms with Gasteiger partial charge in [-0.3, -0.25) is 0 Å². The van der Waals surface area contributed by atoms with E-state index in [1.165, 1.54) is 5.69 Å². The molecule has 1 saturated heterocycles. The van der Waals surface area contributed by atoms with Crippen molar-refractivity contribution in [2.45, 2.75) is 12.8 Å². The minimum atomic E-state index is 0.252. The molecular weight excluding hydrogens is 202 g/mol. The zero-order valence-electron chi connectivity index (χ0n) is 9.56. The largest absolute Gasteiger partial charge is 0.497 e. The molecule has 86 valence electrons. The average Bonchev–Trinajstić information content (AvgIpc) is 2.39. The van der Waals surface area contributed by atoms with Crippen LogP contribution in [0.5, 0.6) is 5.75 Å². The number of hydrogen-bond acceptors (Lipinski definition) is 3. The summed E-state index contributed by atoms with van der Waals surface area (Å²) in [5.74, 6) is 1.14. The molecule has 1 aromatic rings. The monoisotopic (exact) mass is 219 g/mol. The third-order valence-corrected chi connectivity index (χ3v) is 3.15. The van der Waals surface area contributed by atoms with Gasteiger partial charge in [0, 0.05) is 30.8 Å². The van der Waals surface area contributed by atoms with Crippen molar-refractivity contribution in [1.29, 1.82) is 0 Å². The molecule has 1 aromatic carbocycles. The molecule has 0 unspecified atom stereocenters. The molecule has 0 N–H and O–H groups in total. The maximum atomic E-state index is 10.7. The molecule has 0 radical (unpaired) electrons. The van der Waals surface area contributed by atoms with Crippen LogP contribution in [0.25, 0.3) is 0 Å². The van der Waals surface area contributed by atoms with Crippen LogP contribution in [0.4, 0.5) is 5.69 Å². The minimum absolute atomic E-state index is 0.252. The second kappa shape index (κ2) is 5.01. The first-order chi connectivity index (χ1) is 7.83. The smallest absolute Gasteiger partial charge is 0.123 e. The molecule has 0 aromatic heterocycles. The van der Waals surface area contributed by atoms with Gasteiger partial charge in [0.25, 0.3) is 0 Å². The number of nitrogens with zero attached hydrogens (tertiary/aromatic N) is 1. The summed E-state index contributed by atoms with van der Waals surface area (Å²) in [5, 5.41) is 0. The lowest BCUT2D eigenvalue weighted by Crippen LogP contribution is -2.34. The van der Waals surface area contributed by atoms with Crippen molar-refractivity contribution in [3.63, 3.8) is 0 Å². The van der Waals surface area contributed by atoms with Gasteiger partial charge in [0.15, 0.2) is 0 Å². The van der Waals surface area contributed by atoms with Gasteiger partial charge in [-0.05, 0) is 25.0 Å². The first kappa shape index (κ1) is 11.0. The van der Waals surface area contributed by atoms with Crippen molar-refractivity contribution in [3.05, 3.63) is 24.3 Å². The Kier molecular flexibility index (Phi) is 3.44. The highest BCUT2D eigenvalue weighted by molar-refractivity contribution is 5.56. The van der Waals surface area contributed by atoms with E-state index < -0.39 is 0 Å². The molecule has 3 nitrogen and oxygen atoms in total. The van der Waals surface area contributed by atoms with Gasteiger partial charge < -0.3 is 14.4 Å².